The molecule has 0 bridgehead atoms. The molecule has 0 aliphatic rings. The van der Waals surface area contributed by atoms with Crippen LogP contribution in [0, 0.1) is 5.82 Å². The normalized spacial score (nSPS) is 11.9. The summed E-state index contributed by atoms with van der Waals surface area (Å²) in [6.07, 6.45) is 0. The molecule has 2 N–H and O–H groups in total. The fourth-order valence-electron chi connectivity index (χ4n) is 1.86. The summed E-state index contributed by atoms with van der Waals surface area (Å²) in [6, 6.07) is 13.0. The average Bonchev–Trinajstić information content (AvgIpc) is 2.51. The molecule has 2 rings (SSSR count). The molecular formula is C17H18FNO3. The first-order valence-electron chi connectivity index (χ1n) is 6.97. The van der Waals surface area contributed by atoms with Gasteiger partial charge < -0.3 is 15.2 Å². The molecule has 1 unspecified atom stereocenters. The van der Waals surface area contributed by atoms with Crippen molar-refractivity contribution in [3.8, 4) is 5.75 Å². The third kappa shape index (κ3) is 4.86. The molecule has 0 saturated heterocycles. The zero-order valence-electron chi connectivity index (χ0n) is 12.3. The van der Waals surface area contributed by atoms with E-state index in [4.69, 9.17) is 9.84 Å². The summed E-state index contributed by atoms with van der Waals surface area (Å²) in [5.74, 6) is -0.482. The molecule has 0 radical (unpaired) electrons. The molecule has 2 aromatic rings. The maximum absolute atomic E-state index is 13.0. The molecule has 0 aliphatic heterocycles. The lowest BCUT2D eigenvalue weighted by Crippen LogP contribution is -2.33. The van der Waals surface area contributed by atoms with Crippen LogP contribution in [0.3, 0.4) is 0 Å². The summed E-state index contributed by atoms with van der Waals surface area (Å²) in [5, 5.41) is 11.7. The molecule has 0 saturated carbocycles. The zero-order chi connectivity index (χ0) is 15.9. The second-order valence-corrected chi connectivity index (χ2v) is 5.00. The van der Waals surface area contributed by atoms with Gasteiger partial charge in [0, 0.05) is 6.54 Å². The number of hydrogen-bond acceptors (Lipinski definition) is 3. The topological polar surface area (TPSA) is 58.6 Å². The van der Waals surface area contributed by atoms with Crippen molar-refractivity contribution in [2.45, 2.75) is 26.1 Å². The highest BCUT2D eigenvalue weighted by molar-refractivity contribution is 5.72. The summed E-state index contributed by atoms with van der Waals surface area (Å²) in [5.41, 5.74) is 1.73. The number of hydrogen-bond donors (Lipinski definition) is 2. The third-order valence-electron chi connectivity index (χ3n) is 3.20. The van der Waals surface area contributed by atoms with E-state index in [1.165, 1.54) is 12.1 Å². The van der Waals surface area contributed by atoms with Gasteiger partial charge in [-0.05, 0) is 42.3 Å². The molecule has 0 aromatic heterocycles. The first-order valence-corrected chi connectivity index (χ1v) is 6.97. The van der Waals surface area contributed by atoms with Gasteiger partial charge in [0.05, 0.1) is 0 Å². The van der Waals surface area contributed by atoms with Crippen molar-refractivity contribution in [1.82, 2.24) is 5.32 Å². The van der Waals surface area contributed by atoms with E-state index in [9.17, 15) is 9.18 Å². The standard InChI is InChI=1S/C17H18FNO3/c1-12(17(20)21)19-10-13-5-7-16(8-6-13)22-11-14-3-2-4-15(18)9-14/h2-9,12,19H,10-11H2,1H3,(H,20,21). The second kappa shape index (κ2) is 7.56. The highest BCUT2D eigenvalue weighted by atomic mass is 19.1. The van der Waals surface area contributed by atoms with Gasteiger partial charge in [-0.2, -0.15) is 0 Å². The van der Waals surface area contributed by atoms with Crippen LogP contribution < -0.4 is 10.1 Å². The number of carbonyl (C=O) groups is 1. The van der Waals surface area contributed by atoms with Crippen LogP contribution in [0.15, 0.2) is 48.5 Å². The Hall–Kier alpha value is -2.40. The number of rotatable bonds is 7. The minimum absolute atomic E-state index is 0.282. The Morgan fingerprint density at radius 2 is 1.95 bits per heavy atom. The van der Waals surface area contributed by atoms with E-state index in [2.05, 4.69) is 5.32 Å². The maximum Gasteiger partial charge on any atom is 0.320 e. The van der Waals surface area contributed by atoms with Crippen molar-refractivity contribution < 1.29 is 19.0 Å². The van der Waals surface area contributed by atoms with E-state index in [-0.39, 0.29) is 5.82 Å². The Morgan fingerprint density at radius 1 is 1.23 bits per heavy atom. The Labute approximate surface area is 128 Å². The van der Waals surface area contributed by atoms with Crippen LogP contribution in [0.1, 0.15) is 18.1 Å². The zero-order valence-corrected chi connectivity index (χ0v) is 12.3. The van der Waals surface area contributed by atoms with Gasteiger partial charge >= 0.3 is 5.97 Å². The Bertz CT molecular complexity index is 628. The van der Waals surface area contributed by atoms with Crippen molar-refractivity contribution in [2.24, 2.45) is 0 Å². The van der Waals surface area contributed by atoms with Crippen LogP contribution >= 0.6 is 0 Å². The van der Waals surface area contributed by atoms with E-state index >= 15 is 0 Å². The van der Waals surface area contributed by atoms with E-state index in [0.29, 0.717) is 18.9 Å². The summed E-state index contributed by atoms with van der Waals surface area (Å²) in [6.45, 7) is 2.36. The molecule has 0 fully saturated rings. The van der Waals surface area contributed by atoms with E-state index in [1.807, 2.05) is 24.3 Å². The molecule has 2 aromatic carbocycles. The van der Waals surface area contributed by atoms with Crippen LogP contribution in [0.4, 0.5) is 4.39 Å². The van der Waals surface area contributed by atoms with Gasteiger partial charge in [-0.3, -0.25) is 4.79 Å². The number of carboxylic acids is 1. The Balaban J connectivity index is 1.85. The highest BCUT2D eigenvalue weighted by Crippen LogP contribution is 2.14. The van der Waals surface area contributed by atoms with Crippen LogP contribution in [-0.4, -0.2) is 17.1 Å². The number of aliphatic carboxylic acids is 1. The van der Waals surface area contributed by atoms with Crippen LogP contribution in [0.25, 0.3) is 0 Å². The molecule has 1 atom stereocenters. The van der Waals surface area contributed by atoms with Crippen molar-refractivity contribution in [3.63, 3.8) is 0 Å². The first kappa shape index (κ1) is 16.0. The Morgan fingerprint density at radius 3 is 2.59 bits per heavy atom. The lowest BCUT2D eigenvalue weighted by molar-refractivity contribution is -0.139. The minimum atomic E-state index is -0.880. The van der Waals surface area contributed by atoms with Gasteiger partial charge in [-0.25, -0.2) is 4.39 Å². The van der Waals surface area contributed by atoms with E-state index < -0.39 is 12.0 Å². The molecule has 0 aliphatic carbocycles. The number of ether oxygens (including phenoxy) is 1. The van der Waals surface area contributed by atoms with Crippen molar-refractivity contribution in [1.29, 1.82) is 0 Å². The summed E-state index contributed by atoms with van der Waals surface area (Å²) in [7, 11) is 0. The van der Waals surface area contributed by atoms with Crippen LogP contribution in [-0.2, 0) is 17.9 Å². The van der Waals surface area contributed by atoms with Gasteiger partial charge in [0.15, 0.2) is 0 Å². The molecule has 5 heteroatoms. The van der Waals surface area contributed by atoms with Gasteiger partial charge in [-0.1, -0.05) is 24.3 Å². The molecular weight excluding hydrogens is 285 g/mol. The minimum Gasteiger partial charge on any atom is -0.489 e. The predicted octanol–water partition coefficient (Wildman–Crippen LogP) is 2.97. The highest BCUT2D eigenvalue weighted by Gasteiger charge is 2.09. The van der Waals surface area contributed by atoms with Crippen molar-refractivity contribution >= 4 is 5.97 Å². The summed E-state index contributed by atoms with van der Waals surface area (Å²) < 4.78 is 18.6. The second-order valence-electron chi connectivity index (χ2n) is 5.00. The number of halogens is 1. The fourth-order valence-corrected chi connectivity index (χ4v) is 1.86. The molecule has 4 nitrogen and oxygen atoms in total. The Kier molecular flexibility index (Phi) is 5.49. The third-order valence-corrected chi connectivity index (χ3v) is 3.20. The van der Waals surface area contributed by atoms with Crippen molar-refractivity contribution in [2.75, 3.05) is 0 Å². The van der Waals surface area contributed by atoms with E-state index in [0.717, 1.165) is 11.1 Å². The molecule has 22 heavy (non-hydrogen) atoms. The number of nitrogens with one attached hydrogen (secondary N) is 1. The van der Waals surface area contributed by atoms with Crippen LogP contribution in [0.2, 0.25) is 0 Å². The lowest BCUT2D eigenvalue weighted by atomic mass is 10.2. The average molecular weight is 303 g/mol. The van der Waals surface area contributed by atoms with Gasteiger partial charge in [0.2, 0.25) is 0 Å². The van der Waals surface area contributed by atoms with Gasteiger partial charge in [-0.15, -0.1) is 0 Å². The maximum atomic E-state index is 13.0. The van der Waals surface area contributed by atoms with E-state index in [1.54, 1.807) is 19.1 Å². The number of benzene rings is 2. The molecule has 0 heterocycles. The molecule has 0 spiro atoms. The summed E-state index contributed by atoms with van der Waals surface area (Å²) in [4.78, 5) is 10.7. The number of carboxylic acid groups (broad SMARTS) is 1. The van der Waals surface area contributed by atoms with Crippen LogP contribution in [0.5, 0.6) is 5.75 Å². The SMILES string of the molecule is CC(NCc1ccc(OCc2cccc(F)c2)cc1)C(=O)O. The summed E-state index contributed by atoms with van der Waals surface area (Å²) >= 11 is 0. The fraction of sp³-hybridized carbons (Fsp3) is 0.235. The van der Waals surface area contributed by atoms with Crippen molar-refractivity contribution in [3.05, 3.63) is 65.5 Å². The molecule has 0 amide bonds. The molecule has 116 valence electrons. The monoisotopic (exact) mass is 303 g/mol. The lowest BCUT2D eigenvalue weighted by Gasteiger charge is -2.10. The van der Waals surface area contributed by atoms with Gasteiger partial charge in [0.1, 0.15) is 24.2 Å². The predicted molar refractivity (Wildman–Crippen MR) is 81.1 cm³/mol. The smallest absolute Gasteiger partial charge is 0.320 e. The first-order chi connectivity index (χ1) is 10.5. The van der Waals surface area contributed by atoms with Gasteiger partial charge in [0.25, 0.3) is 0 Å². The largest absolute Gasteiger partial charge is 0.489 e. The quantitative estimate of drug-likeness (QED) is 0.825.